The molecule has 6 heteroatoms. The zero-order valence-corrected chi connectivity index (χ0v) is 14.5. The first-order valence-corrected chi connectivity index (χ1v) is 8.41. The van der Waals surface area contributed by atoms with E-state index in [-0.39, 0.29) is 12.0 Å². The van der Waals surface area contributed by atoms with Crippen molar-refractivity contribution in [2.75, 3.05) is 12.4 Å². The fourth-order valence-electron chi connectivity index (χ4n) is 2.48. The SMILES string of the molecule is COC(=O)c1ccc(Cl)c(NC(=O)c2ccccc2OC2CCC2)c1. The molecule has 0 radical (unpaired) electrons. The zero-order valence-electron chi connectivity index (χ0n) is 13.8. The van der Waals surface area contributed by atoms with Crippen LogP contribution < -0.4 is 10.1 Å². The molecule has 0 aromatic heterocycles. The normalized spacial score (nSPS) is 13.7. The summed E-state index contributed by atoms with van der Waals surface area (Å²) < 4.78 is 10.6. The first-order chi connectivity index (χ1) is 12.1. The molecule has 2 aromatic rings. The van der Waals surface area contributed by atoms with E-state index in [9.17, 15) is 9.59 Å². The van der Waals surface area contributed by atoms with Crippen molar-refractivity contribution in [3.8, 4) is 5.75 Å². The molecule has 1 aliphatic rings. The summed E-state index contributed by atoms with van der Waals surface area (Å²) in [5.74, 6) is -0.301. The lowest BCUT2D eigenvalue weighted by molar-refractivity contribution is 0.0600. The number of amides is 1. The van der Waals surface area contributed by atoms with Gasteiger partial charge in [0.15, 0.2) is 0 Å². The smallest absolute Gasteiger partial charge is 0.337 e. The van der Waals surface area contributed by atoms with Crippen LogP contribution in [-0.4, -0.2) is 25.1 Å². The topological polar surface area (TPSA) is 64.6 Å². The molecule has 0 spiro atoms. The van der Waals surface area contributed by atoms with Crippen LogP contribution in [-0.2, 0) is 4.74 Å². The number of esters is 1. The second-order valence-electron chi connectivity index (χ2n) is 5.81. The molecule has 1 aliphatic carbocycles. The molecule has 3 rings (SSSR count). The van der Waals surface area contributed by atoms with E-state index in [0.717, 1.165) is 19.3 Å². The molecule has 0 aliphatic heterocycles. The van der Waals surface area contributed by atoms with Crippen molar-refractivity contribution in [1.82, 2.24) is 0 Å². The molecular weight excluding hydrogens is 342 g/mol. The van der Waals surface area contributed by atoms with Crippen LogP contribution >= 0.6 is 11.6 Å². The monoisotopic (exact) mass is 359 g/mol. The Morgan fingerprint density at radius 3 is 2.60 bits per heavy atom. The number of hydrogen-bond acceptors (Lipinski definition) is 4. The Morgan fingerprint density at radius 2 is 1.92 bits per heavy atom. The highest BCUT2D eigenvalue weighted by Gasteiger charge is 2.22. The molecule has 1 N–H and O–H groups in total. The van der Waals surface area contributed by atoms with Gasteiger partial charge in [0, 0.05) is 0 Å². The minimum Gasteiger partial charge on any atom is -0.490 e. The lowest BCUT2D eigenvalue weighted by atomic mass is 9.96. The predicted molar refractivity (Wildman–Crippen MR) is 95.5 cm³/mol. The Bertz CT molecular complexity index is 802. The van der Waals surface area contributed by atoms with Crippen LogP contribution in [0.5, 0.6) is 5.75 Å². The quantitative estimate of drug-likeness (QED) is 0.808. The van der Waals surface area contributed by atoms with Gasteiger partial charge in [0.2, 0.25) is 0 Å². The highest BCUT2D eigenvalue weighted by molar-refractivity contribution is 6.34. The summed E-state index contributed by atoms with van der Waals surface area (Å²) in [7, 11) is 1.29. The number of methoxy groups -OCH3 is 1. The van der Waals surface area contributed by atoms with Crippen molar-refractivity contribution >= 4 is 29.2 Å². The second kappa shape index (κ2) is 7.57. The summed E-state index contributed by atoms with van der Waals surface area (Å²) in [4.78, 5) is 24.3. The Labute approximate surface area is 150 Å². The van der Waals surface area contributed by atoms with Crippen LogP contribution in [0.25, 0.3) is 0 Å². The molecular formula is C19H18ClNO4. The molecule has 1 fully saturated rings. The number of para-hydroxylation sites is 1. The van der Waals surface area contributed by atoms with Gasteiger partial charge in [0.1, 0.15) is 5.75 Å². The van der Waals surface area contributed by atoms with Gasteiger partial charge in [-0.3, -0.25) is 4.79 Å². The number of carbonyl (C=O) groups excluding carboxylic acids is 2. The lowest BCUT2D eigenvalue weighted by Crippen LogP contribution is -2.26. The summed E-state index contributed by atoms with van der Waals surface area (Å²) in [6.45, 7) is 0. The van der Waals surface area contributed by atoms with Gasteiger partial charge in [-0.2, -0.15) is 0 Å². The van der Waals surface area contributed by atoms with Crippen molar-refractivity contribution in [2.45, 2.75) is 25.4 Å². The first-order valence-electron chi connectivity index (χ1n) is 8.03. The standard InChI is InChI=1S/C19H18ClNO4/c1-24-19(23)12-9-10-15(20)16(11-12)21-18(22)14-7-2-3-8-17(14)25-13-5-4-6-13/h2-3,7-11,13H,4-6H2,1H3,(H,21,22). The molecule has 25 heavy (non-hydrogen) atoms. The van der Waals surface area contributed by atoms with Gasteiger partial charge in [-0.15, -0.1) is 0 Å². The van der Waals surface area contributed by atoms with Gasteiger partial charge in [-0.25, -0.2) is 4.79 Å². The Hall–Kier alpha value is -2.53. The lowest BCUT2D eigenvalue weighted by Gasteiger charge is -2.27. The number of rotatable bonds is 5. The number of hydrogen-bond donors (Lipinski definition) is 1. The van der Waals surface area contributed by atoms with Gasteiger partial charge in [-0.05, 0) is 49.6 Å². The predicted octanol–water partition coefficient (Wildman–Crippen LogP) is 4.31. The second-order valence-corrected chi connectivity index (χ2v) is 6.21. The molecule has 0 atom stereocenters. The average Bonchev–Trinajstić information content (AvgIpc) is 2.59. The summed E-state index contributed by atoms with van der Waals surface area (Å²) in [6, 6.07) is 11.6. The van der Waals surface area contributed by atoms with E-state index < -0.39 is 5.97 Å². The average molecular weight is 360 g/mol. The van der Waals surface area contributed by atoms with Crippen molar-refractivity contribution in [1.29, 1.82) is 0 Å². The molecule has 5 nitrogen and oxygen atoms in total. The third kappa shape index (κ3) is 3.94. The molecule has 0 bridgehead atoms. The van der Waals surface area contributed by atoms with E-state index >= 15 is 0 Å². The van der Waals surface area contributed by atoms with E-state index in [4.69, 9.17) is 16.3 Å². The molecule has 0 heterocycles. The van der Waals surface area contributed by atoms with E-state index in [1.165, 1.54) is 19.2 Å². The molecule has 1 saturated carbocycles. The van der Waals surface area contributed by atoms with Crippen molar-refractivity contribution in [2.24, 2.45) is 0 Å². The van der Waals surface area contributed by atoms with Gasteiger partial charge < -0.3 is 14.8 Å². The Morgan fingerprint density at radius 1 is 1.16 bits per heavy atom. The third-order valence-corrected chi connectivity index (χ3v) is 4.44. The molecule has 0 saturated heterocycles. The number of ether oxygens (including phenoxy) is 2. The third-order valence-electron chi connectivity index (χ3n) is 4.11. The van der Waals surface area contributed by atoms with Crippen LogP contribution in [0.3, 0.4) is 0 Å². The highest BCUT2D eigenvalue weighted by Crippen LogP contribution is 2.29. The van der Waals surface area contributed by atoms with Crippen molar-refractivity contribution < 1.29 is 19.1 Å². The molecule has 0 unspecified atom stereocenters. The highest BCUT2D eigenvalue weighted by atomic mass is 35.5. The molecule has 130 valence electrons. The van der Waals surface area contributed by atoms with Crippen molar-refractivity contribution in [3.63, 3.8) is 0 Å². The maximum Gasteiger partial charge on any atom is 0.337 e. The largest absolute Gasteiger partial charge is 0.490 e. The molecule has 2 aromatic carbocycles. The van der Waals surface area contributed by atoms with Gasteiger partial charge in [0.05, 0.1) is 35.1 Å². The van der Waals surface area contributed by atoms with E-state index in [2.05, 4.69) is 10.1 Å². The van der Waals surface area contributed by atoms with Crippen LogP contribution in [0.15, 0.2) is 42.5 Å². The van der Waals surface area contributed by atoms with Crippen LogP contribution in [0.1, 0.15) is 40.0 Å². The van der Waals surface area contributed by atoms with Crippen LogP contribution in [0.4, 0.5) is 5.69 Å². The maximum absolute atomic E-state index is 12.7. The number of carbonyl (C=O) groups is 2. The van der Waals surface area contributed by atoms with Crippen molar-refractivity contribution in [3.05, 3.63) is 58.6 Å². The number of anilines is 1. The Balaban J connectivity index is 1.81. The fraction of sp³-hybridized carbons (Fsp3) is 0.263. The van der Waals surface area contributed by atoms with Gasteiger partial charge >= 0.3 is 5.97 Å². The first kappa shape index (κ1) is 17.3. The summed E-state index contributed by atoms with van der Waals surface area (Å²) in [5, 5.41) is 3.07. The van der Waals surface area contributed by atoms with Crippen LogP contribution in [0, 0.1) is 0 Å². The fourth-order valence-corrected chi connectivity index (χ4v) is 2.65. The van der Waals surface area contributed by atoms with Gasteiger partial charge in [-0.1, -0.05) is 23.7 Å². The summed E-state index contributed by atoms with van der Waals surface area (Å²) in [5.41, 5.74) is 1.07. The number of halogens is 1. The maximum atomic E-state index is 12.7. The van der Waals surface area contributed by atoms with E-state index in [1.54, 1.807) is 24.3 Å². The van der Waals surface area contributed by atoms with Gasteiger partial charge in [0.25, 0.3) is 5.91 Å². The number of nitrogens with one attached hydrogen (secondary N) is 1. The van der Waals surface area contributed by atoms with Crippen LogP contribution in [0.2, 0.25) is 5.02 Å². The minimum absolute atomic E-state index is 0.167. The molecule has 1 amide bonds. The van der Waals surface area contributed by atoms with E-state index in [0.29, 0.717) is 27.6 Å². The number of benzene rings is 2. The summed E-state index contributed by atoms with van der Waals surface area (Å²) in [6.07, 6.45) is 3.32. The Kier molecular flexibility index (Phi) is 5.24. The minimum atomic E-state index is -0.499. The zero-order chi connectivity index (χ0) is 17.8. The van der Waals surface area contributed by atoms with E-state index in [1.807, 2.05) is 6.07 Å². The summed E-state index contributed by atoms with van der Waals surface area (Å²) >= 11 is 6.13.